The molecule has 0 saturated carbocycles. The minimum Gasteiger partial charge on any atom is -0.465 e. The van der Waals surface area contributed by atoms with Gasteiger partial charge in [-0.3, -0.25) is 0 Å². The van der Waals surface area contributed by atoms with Crippen LogP contribution in [0.2, 0.25) is 5.02 Å². The van der Waals surface area contributed by atoms with E-state index in [0.29, 0.717) is 0 Å². The summed E-state index contributed by atoms with van der Waals surface area (Å²) in [5.74, 6) is -1.30. The molecule has 0 bridgehead atoms. The Balaban J connectivity index is 0. The van der Waals surface area contributed by atoms with Crippen LogP contribution in [0, 0.1) is 5.82 Å². The smallest absolute Gasteiger partial charge is 0.339 e. The van der Waals surface area contributed by atoms with Gasteiger partial charge in [-0.1, -0.05) is 23.1 Å². The molecule has 0 saturated heterocycles. The Hall–Kier alpha value is -1.11. The van der Waals surface area contributed by atoms with Crippen LogP contribution in [-0.2, 0) is 4.74 Å². The third-order valence-corrected chi connectivity index (χ3v) is 1.80. The summed E-state index contributed by atoms with van der Waals surface area (Å²) in [6, 6.07) is 2.12. The van der Waals surface area contributed by atoms with Crippen molar-refractivity contribution in [3.63, 3.8) is 0 Å². The van der Waals surface area contributed by atoms with Gasteiger partial charge in [-0.25, -0.2) is 9.18 Å². The lowest BCUT2D eigenvalue weighted by molar-refractivity contribution is 0.0601. The molecule has 15 heavy (non-hydrogen) atoms. The molecule has 1 aromatic rings. The van der Waals surface area contributed by atoms with Gasteiger partial charge in [0.1, 0.15) is 13.7 Å². The molecule has 2 radical (unpaired) electrons. The van der Waals surface area contributed by atoms with Crippen molar-refractivity contribution in [1.29, 1.82) is 0 Å². The number of rotatable bonds is 1. The predicted molar refractivity (Wildman–Crippen MR) is 55.4 cm³/mol. The van der Waals surface area contributed by atoms with Gasteiger partial charge >= 0.3 is 5.97 Å². The number of methoxy groups -OCH3 is 1. The number of hydrogen-bond donors (Lipinski definition) is 0. The van der Waals surface area contributed by atoms with Crippen molar-refractivity contribution in [3.05, 3.63) is 28.5 Å². The van der Waals surface area contributed by atoms with Crippen molar-refractivity contribution < 1.29 is 24.9 Å². The van der Waals surface area contributed by atoms with Gasteiger partial charge < -0.3 is 15.7 Å². The van der Waals surface area contributed by atoms with Gasteiger partial charge in [0.25, 0.3) is 0 Å². The topological polar surface area (TPSA) is 89.3 Å². The standard InChI is InChI=1S/C8H5BClFO2.2H2O/c1-13-8(12)4-2-5(9)7(11)3-6(4)10;;/h2-3H,1H3;2*1H2. The molecule has 0 heterocycles. The minimum absolute atomic E-state index is 0. The van der Waals surface area contributed by atoms with Gasteiger partial charge in [0, 0.05) is 0 Å². The average molecular weight is 234 g/mol. The molecule has 0 fully saturated rings. The van der Waals surface area contributed by atoms with Crippen LogP contribution in [0.3, 0.4) is 0 Å². The predicted octanol–water partition coefficient (Wildman–Crippen LogP) is -0.590. The first-order valence-electron chi connectivity index (χ1n) is 3.39. The van der Waals surface area contributed by atoms with Crippen molar-refractivity contribution in [1.82, 2.24) is 0 Å². The van der Waals surface area contributed by atoms with Crippen LogP contribution >= 0.6 is 11.6 Å². The Morgan fingerprint density at radius 3 is 2.47 bits per heavy atom. The van der Waals surface area contributed by atoms with Crippen LogP contribution in [0.25, 0.3) is 0 Å². The molecule has 0 spiro atoms. The summed E-state index contributed by atoms with van der Waals surface area (Å²) in [4.78, 5) is 11.0. The summed E-state index contributed by atoms with van der Waals surface area (Å²) in [7, 11) is 6.45. The van der Waals surface area contributed by atoms with Gasteiger partial charge in [-0.15, -0.1) is 0 Å². The molecule has 1 aromatic carbocycles. The second kappa shape index (κ2) is 6.39. The molecule has 0 aliphatic carbocycles. The first kappa shape index (κ1) is 16.3. The monoisotopic (exact) mass is 234 g/mol. The van der Waals surface area contributed by atoms with E-state index in [1.165, 1.54) is 7.11 Å². The van der Waals surface area contributed by atoms with Crippen LogP contribution in [0.1, 0.15) is 10.4 Å². The number of carbonyl (C=O) groups is 1. The molecule has 1 rings (SSSR count). The number of carbonyl (C=O) groups excluding carboxylic acids is 1. The highest BCUT2D eigenvalue weighted by atomic mass is 35.5. The molecule has 82 valence electrons. The SMILES string of the molecule is O.O.[B]c1cc(C(=O)OC)c(Cl)cc1F. The summed E-state index contributed by atoms with van der Waals surface area (Å²) >= 11 is 5.58. The first-order valence-corrected chi connectivity index (χ1v) is 3.77. The van der Waals surface area contributed by atoms with Crippen molar-refractivity contribution >= 4 is 30.9 Å². The lowest BCUT2D eigenvalue weighted by atomic mass is 9.93. The summed E-state index contributed by atoms with van der Waals surface area (Å²) in [5, 5.41) is -0.0152. The summed E-state index contributed by atoms with van der Waals surface area (Å²) < 4.78 is 17.2. The van der Waals surface area contributed by atoms with Crippen LogP contribution in [-0.4, -0.2) is 31.9 Å². The van der Waals surface area contributed by atoms with E-state index in [-0.39, 0.29) is 27.0 Å². The maximum Gasteiger partial charge on any atom is 0.339 e. The lowest BCUT2D eigenvalue weighted by Crippen LogP contribution is -2.13. The van der Waals surface area contributed by atoms with E-state index < -0.39 is 11.8 Å². The molecular weight excluding hydrogens is 225 g/mol. The quantitative estimate of drug-likeness (QED) is 0.480. The number of halogens is 2. The van der Waals surface area contributed by atoms with E-state index in [0.717, 1.165) is 12.1 Å². The van der Waals surface area contributed by atoms with Gasteiger partial charge in [-0.2, -0.15) is 0 Å². The van der Waals surface area contributed by atoms with E-state index in [1.54, 1.807) is 0 Å². The molecule has 0 aliphatic heterocycles. The van der Waals surface area contributed by atoms with Crippen molar-refractivity contribution in [2.45, 2.75) is 0 Å². The van der Waals surface area contributed by atoms with Crippen molar-refractivity contribution in [2.24, 2.45) is 0 Å². The summed E-state index contributed by atoms with van der Waals surface area (Å²) in [5.41, 5.74) is -0.0760. The Morgan fingerprint density at radius 1 is 1.47 bits per heavy atom. The minimum atomic E-state index is -0.655. The molecular formula is C8H9BClFO4. The molecule has 4 N–H and O–H groups in total. The molecule has 0 aromatic heterocycles. The number of hydrogen-bond acceptors (Lipinski definition) is 2. The largest absolute Gasteiger partial charge is 0.465 e. The van der Waals surface area contributed by atoms with Crippen molar-refractivity contribution in [3.8, 4) is 0 Å². The molecule has 0 atom stereocenters. The van der Waals surface area contributed by atoms with Crippen LogP contribution in [0.15, 0.2) is 12.1 Å². The van der Waals surface area contributed by atoms with E-state index >= 15 is 0 Å². The number of ether oxygens (including phenoxy) is 1. The Kier molecular flexibility index (Phi) is 6.96. The molecule has 4 nitrogen and oxygen atoms in total. The highest BCUT2D eigenvalue weighted by Crippen LogP contribution is 2.16. The average Bonchev–Trinajstić information content (AvgIpc) is 2.10. The summed E-state index contributed by atoms with van der Waals surface area (Å²) in [6.07, 6.45) is 0. The second-order valence-corrected chi connectivity index (χ2v) is 2.75. The third-order valence-electron chi connectivity index (χ3n) is 1.49. The second-order valence-electron chi connectivity index (χ2n) is 2.35. The van der Waals surface area contributed by atoms with Gasteiger partial charge in [0.15, 0.2) is 0 Å². The number of benzene rings is 1. The zero-order valence-corrected chi connectivity index (χ0v) is 8.56. The number of esters is 1. The highest BCUT2D eigenvalue weighted by Gasteiger charge is 2.12. The van der Waals surface area contributed by atoms with Crippen LogP contribution in [0.5, 0.6) is 0 Å². The van der Waals surface area contributed by atoms with Crippen molar-refractivity contribution in [2.75, 3.05) is 7.11 Å². The zero-order valence-electron chi connectivity index (χ0n) is 7.80. The maximum atomic E-state index is 12.8. The van der Waals surface area contributed by atoms with Crippen LogP contribution < -0.4 is 5.46 Å². The van der Waals surface area contributed by atoms with E-state index in [2.05, 4.69) is 4.74 Å². The molecule has 0 aliphatic rings. The lowest BCUT2D eigenvalue weighted by Gasteiger charge is -2.04. The fraction of sp³-hybridized carbons (Fsp3) is 0.125. The normalized spacial score (nSPS) is 8.47. The molecule has 7 heteroatoms. The maximum absolute atomic E-state index is 12.8. The van der Waals surface area contributed by atoms with E-state index in [1.807, 2.05) is 0 Å². The summed E-state index contributed by atoms with van der Waals surface area (Å²) in [6.45, 7) is 0. The third kappa shape index (κ3) is 3.51. The van der Waals surface area contributed by atoms with Gasteiger partial charge in [-0.05, 0) is 6.07 Å². The molecule has 0 unspecified atom stereocenters. The fourth-order valence-electron chi connectivity index (χ4n) is 0.832. The Bertz CT molecular complexity index is 359. The van der Waals surface area contributed by atoms with Gasteiger partial charge in [0.05, 0.1) is 17.7 Å². The fourth-order valence-corrected chi connectivity index (χ4v) is 1.06. The highest BCUT2D eigenvalue weighted by molar-refractivity contribution is 6.36. The Morgan fingerprint density at radius 2 is 2.00 bits per heavy atom. The van der Waals surface area contributed by atoms with E-state index in [9.17, 15) is 9.18 Å². The van der Waals surface area contributed by atoms with Gasteiger partial charge in [0.2, 0.25) is 0 Å². The van der Waals surface area contributed by atoms with Crippen LogP contribution in [0.4, 0.5) is 4.39 Å². The Labute approximate surface area is 92.0 Å². The van der Waals surface area contributed by atoms with E-state index in [4.69, 9.17) is 19.4 Å². The molecule has 0 amide bonds. The zero-order chi connectivity index (χ0) is 10.0. The first-order chi connectivity index (χ1) is 6.06.